The molecule has 0 saturated carbocycles. The molecule has 0 unspecified atom stereocenters. The molecule has 2 rings (SSSR count). The van der Waals surface area contributed by atoms with Crippen molar-refractivity contribution in [1.29, 1.82) is 0 Å². The molecule has 0 aliphatic heterocycles. The Labute approximate surface area is 129 Å². The predicted octanol–water partition coefficient (Wildman–Crippen LogP) is 3.33. The van der Waals surface area contributed by atoms with Crippen LogP contribution in [0.25, 0.3) is 0 Å². The van der Waals surface area contributed by atoms with Crippen molar-refractivity contribution < 1.29 is 19.1 Å². The third kappa shape index (κ3) is 4.17. The molecule has 0 radical (unpaired) electrons. The highest BCUT2D eigenvalue weighted by Crippen LogP contribution is 2.27. The Morgan fingerprint density at radius 1 is 1.33 bits per heavy atom. The Morgan fingerprint density at radius 2 is 2.05 bits per heavy atom. The standard InChI is InChI=1S/C13H11ClN2O4S/c1-19-11(17)9-10(15-12(14)21-9)16-13(18)20-7-8-5-3-2-4-6-8/h2-6H,7H2,1H3,(H,16,18). The summed E-state index contributed by atoms with van der Waals surface area (Å²) in [5.74, 6) is -0.604. The molecule has 1 amide bonds. The first-order chi connectivity index (χ1) is 10.1. The fourth-order valence-corrected chi connectivity index (χ4v) is 2.45. The number of carbonyl (C=O) groups excluding carboxylic acids is 2. The van der Waals surface area contributed by atoms with Crippen LogP contribution in [0.4, 0.5) is 10.6 Å². The highest BCUT2D eigenvalue weighted by atomic mass is 35.5. The number of benzene rings is 1. The molecular formula is C13H11ClN2O4S. The molecular weight excluding hydrogens is 316 g/mol. The summed E-state index contributed by atoms with van der Waals surface area (Å²) in [6.45, 7) is 0.109. The summed E-state index contributed by atoms with van der Waals surface area (Å²) in [6, 6.07) is 9.20. The first-order valence-electron chi connectivity index (χ1n) is 5.82. The molecule has 21 heavy (non-hydrogen) atoms. The number of amides is 1. The molecule has 0 bridgehead atoms. The van der Waals surface area contributed by atoms with Crippen molar-refractivity contribution >= 4 is 40.8 Å². The van der Waals surface area contributed by atoms with Crippen LogP contribution < -0.4 is 5.32 Å². The molecule has 110 valence electrons. The van der Waals surface area contributed by atoms with Crippen LogP contribution in [0, 0.1) is 0 Å². The molecule has 6 nitrogen and oxygen atoms in total. The van der Waals surface area contributed by atoms with Gasteiger partial charge in [0.25, 0.3) is 0 Å². The summed E-state index contributed by atoms with van der Waals surface area (Å²) in [7, 11) is 1.23. The number of hydrogen-bond donors (Lipinski definition) is 1. The number of methoxy groups -OCH3 is 1. The zero-order valence-electron chi connectivity index (χ0n) is 11.0. The van der Waals surface area contributed by atoms with Gasteiger partial charge in [-0.05, 0) is 5.56 Å². The summed E-state index contributed by atoms with van der Waals surface area (Å²) < 4.78 is 9.73. The minimum atomic E-state index is -0.731. The number of nitrogens with one attached hydrogen (secondary N) is 1. The van der Waals surface area contributed by atoms with E-state index < -0.39 is 12.1 Å². The van der Waals surface area contributed by atoms with Crippen molar-refractivity contribution in [2.75, 3.05) is 12.4 Å². The van der Waals surface area contributed by atoms with E-state index in [4.69, 9.17) is 16.3 Å². The van der Waals surface area contributed by atoms with E-state index in [0.29, 0.717) is 0 Å². The predicted molar refractivity (Wildman–Crippen MR) is 78.7 cm³/mol. The smallest absolute Gasteiger partial charge is 0.413 e. The normalized spacial score (nSPS) is 10.0. The molecule has 0 aliphatic rings. The summed E-state index contributed by atoms with van der Waals surface area (Å²) in [5, 5.41) is 2.37. The molecule has 1 aromatic heterocycles. The lowest BCUT2D eigenvalue weighted by Crippen LogP contribution is -2.16. The van der Waals surface area contributed by atoms with Gasteiger partial charge < -0.3 is 9.47 Å². The van der Waals surface area contributed by atoms with E-state index in [9.17, 15) is 9.59 Å². The number of nitrogens with zero attached hydrogens (tertiary/aromatic N) is 1. The van der Waals surface area contributed by atoms with Gasteiger partial charge in [-0.15, -0.1) is 0 Å². The largest absolute Gasteiger partial charge is 0.465 e. The van der Waals surface area contributed by atoms with Crippen LogP contribution in [0.5, 0.6) is 0 Å². The van der Waals surface area contributed by atoms with E-state index in [1.165, 1.54) is 7.11 Å². The summed E-state index contributed by atoms with van der Waals surface area (Å²) in [6.07, 6.45) is -0.731. The average Bonchev–Trinajstić information content (AvgIpc) is 2.86. The maximum absolute atomic E-state index is 11.7. The lowest BCUT2D eigenvalue weighted by Gasteiger charge is -2.06. The number of thiazole rings is 1. The van der Waals surface area contributed by atoms with Crippen LogP contribution in [0.1, 0.15) is 15.2 Å². The second-order valence-corrected chi connectivity index (χ2v) is 5.40. The van der Waals surface area contributed by atoms with Crippen LogP contribution >= 0.6 is 22.9 Å². The van der Waals surface area contributed by atoms with Crippen LogP contribution in [-0.4, -0.2) is 24.2 Å². The van der Waals surface area contributed by atoms with Gasteiger partial charge in [-0.25, -0.2) is 14.6 Å². The number of esters is 1. The van der Waals surface area contributed by atoms with Crippen molar-refractivity contribution in [3.05, 3.63) is 45.2 Å². The van der Waals surface area contributed by atoms with Gasteiger partial charge in [0.15, 0.2) is 15.2 Å². The highest BCUT2D eigenvalue weighted by molar-refractivity contribution is 7.18. The Balaban J connectivity index is 1.98. The van der Waals surface area contributed by atoms with Crippen LogP contribution in [0.2, 0.25) is 4.47 Å². The molecule has 1 heterocycles. The van der Waals surface area contributed by atoms with Crippen molar-refractivity contribution in [1.82, 2.24) is 4.98 Å². The summed E-state index contributed by atoms with van der Waals surface area (Å²) in [4.78, 5) is 27.2. The van der Waals surface area contributed by atoms with Crippen LogP contribution in [0.3, 0.4) is 0 Å². The average molecular weight is 327 g/mol. The van der Waals surface area contributed by atoms with E-state index in [2.05, 4.69) is 15.0 Å². The fourth-order valence-electron chi connectivity index (χ4n) is 1.47. The number of hydrogen-bond acceptors (Lipinski definition) is 6. The number of rotatable bonds is 4. The Morgan fingerprint density at radius 3 is 2.71 bits per heavy atom. The molecule has 0 fully saturated rings. The number of carbonyl (C=O) groups is 2. The second kappa shape index (κ2) is 7.05. The molecule has 8 heteroatoms. The minimum absolute atomic E-state index is 0.0231. The van der Waals surface area contributed by atoms with Crippen molar-refractivity contribution in [3.63, 3.8) is 0 Å². The highest BCUT2D eigenvalue weighted by Gasteiger charge is 2.20. The maximum atomic E-state index is 11.7. The molecule has 0 spiro atoms. The zero-order valence-corrected chi connectivity index (χ0v) is 12.5. The third-order valence-electron chi connectivity index (χ3n) is 2.41. The lowest BCUT2D eigenvalue weighted by atomic mass is 10.2. The molecule has 1 aromatic carbocycles. The van der Waals surface area contributed by atoms with Gasteiger partial charge in [-0.2, -0.15) is 0 Å². The van der Waals surface area contributed by atoms with Gasteiger partial charge in [0.2, 0.25) is 0 Å². The SMILES string of the molecule is COC(=O)c1sc(Cl)nc1NC(=O)OCc1ccccc1. The number of aromatic nitrogens is 1. The zero-order chi connectivity index (χ0) is 15.2. The third-order valence-corrected chi connectivity index (χ3v) is 3.54. The monoisotopic (exact) mass is 326 g/mol. The summed E-state index contributed by atoms with van der Waals surface area (Å²) in [5.41, 5.74) is 0.845. The number of halogens is 1. The van der Waals surface area contributed by atoms with E-state index in [1.807, 2.05) is 30.3 Å². The van der Waals surface area contributed by atoms with E-state index in [-0.39, 0.29) is 21.8 Å². The maximum Gasteiger partial charge on any atom is 0.413 e. The Bertz CT molecular complexity index is 645. The first-order valence-corrected chi connectivity index (χ1v) is 7.02. The fraction of sp³-hybridized carbons (Fsp3) is 0.154. The topological polar surface area (TPSA) is 77.5 Å². The van der Waals surface area contributed by atoms with Crippen molar-refractivity contribution in [2.24, 2.45) is 0 Å². The summed E-state index contributed by atoms with van der Waals surface area (Å²) >= 11 is 6.64. The molecule has 0 atom stereocenters. The lowest BCUT2D eigenvalue weighted by molar-refractivity contribution is 0.0607. The van der Waals surface area contributed by atoms with Crippen molar-refractivity contribution in [2.45, 2.75) is 6.61 Å². The number of ether oxygens (including phenoxy) is 2. The molecule has 1 N–H and O–H groups in total. The van der Waals surface area contributed by atoms with Gasteiger partial charge in [-0.1, -0.05) is 53.3 Å². The number of anilines is 1. The van der Waals surface area contributed by atoms with E-state index in [1.54, 1.807) is 0 Å². The molecule has 0 saturated heterocycles. The van der Waals surface area contributed by atoms with Crippen molar-refractivity contribution in [3.8, 4) is 0 Å². The van der Waals surface area contributed by atoms with Crippen LogP contribution in [-0.2, 0) is 16.1 Å². The van der Waals surface area contributed by atoms with Gasteiger partial charge in [0, 0.05) is 0 Å². The van der Waals surface area contributed by atoms with Gasteiger partial charge in [0.1, 0.15) is 6.61 Å². The minimum Gasteiger partial charge on any atom is -0.465 e. The van der Waals surface area contributed by atoms with Gasteiger partial charge in [-0.3, -0.25) is 5.32 Å². The first kappa shape index (κ1) is 15.3. The molecule has 2 aromatic rings. The quantitative estimate of drug-likeness (QED) is 0.872. The second-order valence-electron chi connectivity index (χ2n) is 3.82. The Kier molecular flexibility index (Phi) is 5.13. The molecule has 0 aliphatic carbocycles. The van der Waals surface area contributed by atoms with Gasteiger partial charge in [0.05, 0.1) is 7.11 Å². The van der Waals surface area contributed by atoms with E-state index >= 15 is 0 Å². The Hall–Kier alpha value is -2.12. The van der Waals surface area contributed by atoms with Gasteiger partial charge >= 0.3 is 12.1 Å². The van der Waals surface area contributed by atoms with E-state index in [0.717, 1.165) is 16.9 Å². The van der Waals surface area contributed by atoms with Crippen LogP contribution in [0.15, 0.2) is 30.3 Å².